The Morgan fingerprint density at radius 2 is 2.06 bits per heavy atom. The van der Waals surface area contributed by atoms with E-state index < -0.39 is 14.6 Å². The van der Waals surface area contributed by atoms with E-state index in [1.54, 1.807) is 13.8 Å². The minimum atomic E-state index is -3.18. The second kappa shape index (κ2) is 5.17. The zero-order valence-electron chi connectivity index (χ0n) is 11.7. The summed E-state index contributed by atoms with van der Waals surface area (Å²) in [6.45, 7) is 6.94. The monoisotopic (exact) mass is 276 g/mol. The van der Waals surface area contributed by atoms with Gasteiger partial charge in [-0.15, -0.1) is 0 Å². The average molecular weight is 276 g/mol. The average Bonchev–Trinajstić information content (AvgIpc) is 2.74. The summed E-state index contributed by atoms with van der Waals surface area (Å²) in [6, 6.07) is 0. The molecule has 0 saturated carbocycles. The molecule has 1 unspecified atom stereocenters. The zero-order valence-corrected chi connectivity index (χ0v) is 12.5. The van der Waals surface area contributed by atoms with Gasteiger partial charge in [0.1, 0.15) is 0 Å². The van der Waals surface area contributed by atoms with Crippen molar-refractivity contribution in [1.29, 1.82) is 0 Å². The van der Waals surface area contributed by atoms with Crippen LogP contribution in [0.1, 0.15) is 33.6 Å². The molecule has 6 heteroatoms. The van der Waals surface area contributed by atoms with Crippen LogP contribution in [-0.2, 0) is 14.6 Å². The molecule has 0 spiro atoms. The standard InChI is InChI=1S/C12H24N2O3S/c1-5-12(6-7-13-9-12)10(15)14-8-11(2,3)18(4,16)17/h13H,5-9H2,1-4H3,(H,14,15). The van der Waals surface area contributed by atoms with Crippen LogP contribution in [0.5, 0.6) is 0 Å². The van der Waals surface area contributed by atoms with Gasteiger partial charge in [0, 0.05) is 19.3 Å². The quantitative estimate of drug-likeness (QED) is 0.758. The molecule has 1 amide bonds. The Morgan fingerprint density at radius 1 is 1.44 bits per heavy atom. The first kappa shape index (κ1) is 15.4. The van der Waals surface area contributed by atoms with Crippen molar-refractivity contribution in [2.24, 2.45) is 5.41 Å². The van der Waals surface area contributed by atoms with Crippen molar-refractivity contribution in [3.8, 4) is 0 Å². The highest BCUT2D eigenvalue weighted by molar-refractivity contribution is 7.92. The summed E-state index contributed by atoms with van der Waals surface area (Å²) in [5.41, 5.74) is -0.367. The molecule has 1 saturated heterocycles. The number of sulfone groups is 1. The molecule has 2 N–H and O–H groups in total. The number of amides is 1. The number of rotatable bonds is 5. The largest absolute Gasteiger partial charge is 0.354 e. The van der Waals surface area contributed by atoms with Gasteiger partial charge in [-0.25, -0.2) is 8.42 Å². The molecule has 0 aromatic carbocycles. The fourth-order valence-electron chi connectivity index (χ4n) is 2.01. The fourth-order valence-corrected chi connectivity index (χ4v) is 2.35. The van der Waals surface area contributed by atoms with E-state index in [1.165, 1.54) is 6.26 Å². The molecule has 0 aliphatic carbocycles. The lowest BCUT2D eigenvalue weighted by Crippen LogP contribution is -2.49. The summed E-state index contributed by atoms with van der Waals surface area (Å²) >= 11 is 0. The summed E-state index contributed by atoms with van der Waals surface area (Å²) in [4.78, 5) is 12.2. The summed E-state index contributed by atoms with van der Waals surface area (Å²) in [5, 5.41) is 6.00. The van der Waals surface area contributed by atoms with E-state index in [0.29, 0.717) is 6.54 Å². The van der Waals surface area contributed by atoms with Gasteiger partial charge in [-0.3, -0.25) is 4.79 Å². The van der Waals surface area contributed by atoms with Crippen LogP contribution in [0.15, 0.2) is 0 Å². The number of carbonyl (C=O) groups excluding carboxylic acids is 1. The van der Waals surface area contributed by atoms with Crippen molar-refractivity contribution >= 4 is 15.7 Å². The number of nitrogens with one attached hydrogen (secondary N) is 2. The maximum atomic E-state index is 12.2. The van der Waals surface area contributed by atoms with Crippen LogP contribution in [0, 0.1) is 5.41 Å². The minimum absolute atomic E-state index is 0.0354. The molecule has 0 aromatic heterocycles. The van der Waals surface area contributed by atoms with E-state index in [9.17, 15) is 13.2 Å². The van der Waals surface area contributed by atoms with E-state index in [-0.39, 0.29) is 17.9 Å². The Morgan fingerprint density at radius 3 is 2.44 bits per heavy atom. The highest BCUT2D eigenvalue weighted by atomic mass is 32.2. The minimum Gasteiger partial charge on any atom is -0.354 e. The van der Waals surface area contributed by atoms with Crippen molar-refractivity contribution in [3.63, 3.8) is 0 Å². The van der Waals surface area contributed by atoms with Gasteiger partial charge in [-0.2, -0.15) is 0 Å². The molecule has 1 aliphatic heterocycles. The van der Waals surface area contributed by atoms with Crippen LogP contribution in [0.2, 0.25) is 0 Å². The van der Waals surface area contributed by atoms with Crippen LogP contribution < -0.4 is 10.6 Å². The predicted molar refractivity (Wildman–Crippen MR) is 72.1 cm³/mol. The second-order valence-corrected chi connectivity index (χ2v) is 8.42. The molecule has 5 nitrogen and oxygen atoms in total. The van der Waals surface area contributed by atoms with E-state index >= 15 is 0 Å². The lowest BCUT2D eigenvalue weighted by Gasteiger charge is -2.29. The SMILES string of the molecule is CCC1(C(=O)NCC(C)(C)S(C)(=O)=O)CCNC1. The molecular formula is C12H24N2O3S. The van der Waals surface area contributed by atoms with Gasteiger partial charge in [0.25, 0.3) is 0 Å². The molecule has 1 atom stereocenters. The molecule has 0 radical (unpaired) electrons. The van der Waals surface area contributed by atoms with Gasteiger partial charge in [-0.05, 0) is 33.2 Å². The van der Waals surface area contributed by atoms with E-state index in [1.807, 2.05) is 6.92 Å². The van der Waals surface area contributed by atoms with Crippen molar-refractivity contribution in [3.05, 3.63) is 0 Å². The molecular weight excluding hydrogens is 252 g/mol. The lowest BCUT2D eigenvalue weighted by atomic mass is 9.83. The van der Waals surface area contributed by atoms with Crippen LogP contribution in [-0.4, -0.2) is 45.0 Å². The van der Waals surface area contributed by atoms with Crippen molar-refractivity contribution in [2.75, 3.05) is 25.9 Å². The molecule has 1 fully saturated rings. The smallest absolute Gasteiger partial charge is 0.227 e. The molecule has 1 aliphatic rings. The van der Waals surface area contributed by atoms with Crippen molar-refractivity contribution in [2.45, 2.75) is 38.4 Å². The van der Waals surface area contributed by atoms with Crippen molar-refractivity contribution < 1.29 is 13.2 Å². The molecule has 1 heterocycles. The van der Waals surface area contributed by atoms with Gasteiger partial charge in [0.2, 0.25) is 5.91 Å². The normalized spacial score (nSPS) is 25.1. The van der Waals surface area contributed by atoms with Gasteiger partial charge in [0.15, 0.2) is 9.84 Å². The van der Waals surface area contributed by atoms with Crippen LogP contribution in [0.3, 0.4) is 0 Å². The Kier molecular flexibility index (Phi) is 4.43. The van der Waals surface area contributed by atoms with E-state index in [0.717, 1.165) is 19.4 Å². The first-order valence-electron chi connectivity index (χ1n) is 6.33. The number of carbonyl (C=O) groups is 1. The zero-order chi connectivity index (χ0) is 14.0. The third-order valence-electron chi connectivity index (χ3n) is 4.08. The Balaban J connectivity index is 2.67. The molecule has 1 rings (SSSR count). The van der Waals surface area contributed by atoms with Gasteiger partial charge in [-0.1, -0.05) is 6.92 Å². The number of hydrogen-bond acceptors (Lipinski definition) is 4. The maximum absolute atomic E-state index is 12.2. The first-order chi connectivity index (χ1) is 8.15. The Bertz CT molecular complexity index is 409. The van der Waals surface area contributed by atoms with Gasteiger partial charge in [0.05, 0.1) is 10.2 Å². The van der Waals surface area contributed by atoms with Crippen LogP contribution >= 0.6 is 0 Å². The van der Waals surface area contributed by atoms with E-state index in [4.69, 9.17) is 0 Å². The second-order valence-electron chi connectivity index (χ2n) is 5.78. The molecule has 106 valence electrons. The summed E-state index contributed by atoms with van der Waals surface area (Å²) < 4.78 is 22.2. The summed E-state index contributed by atoms with van der Waals surface area (Å²) in [6.07, 6.45) is 2.78. The lowest BCUT2D eigenvalue weighted by molar-refractivity contribution is -0.130. The molecule has 0 bridgehead atoms. The first-order valence-corrected chi connectivity index (χ1v) is 8.22. The fraction of sp³-hybridized carbons (Fsp3) is 0.917. The summed E-state index contributed by atoms with van der Waals surface area (Å²) in [5.74, 6) is -0.0354. The topological polar surface area (TPSA) is 75.3 Å². The Labute approximate surface area is 110 Å². The Hall–Kier alpha value is -0.620. The molecule has 18 heavy (non-hydrogen) atoms. The summed E-state index contributed by atoms with van der Waals surface area (Å²) in [7, 11) is -3.18. The third-order valence-corrected chi connectivity index (χ3v) is 6.23. The van der Waals surface area contributed by atoms with Gasteiger partial charge >= 0.3 is 0 Å². The highest BCUT2D eigenvalue weighted by Crippen LogP contribution is 2.29. The predicted octanol–water partition coefficient (Wildman–Crippen LogP) is 0.316. The maximum Gasteiger partial charge on any atom is 0.227 e. The number of hydrogen-bond donors (Lipinski definition) is 2. The van der Waals surface area contributed by atoms with Gasteiger partial charge < -0.3 is 10.6 Å². The molecule has 0 aromatic rings. The highest BCUT2D eigenvalue weighted by Gasteiger charge is 2.40. The third kappa shape index (κ3) is 3.03. The van der Waals surface area contributed by atoms with Crippen LogP contribution in [0.4, 0.5) is 0 Å². The van der Waals surface area contributed by atoms with Crippen molar-refractivity contribution in [1.82, 2.24) is 10.6 Å². The van der Waals surface area contributed by atoms with Crippen LogP contribution in [0.25, 0.3) is 0 Å². The van der Waals surface area contributed by atoms with E-state index in [2.05, 4.69) is 10.6 Å².